The number of nitrogens with one attached hydrogen (secondary N) is 2. The number of aromatic nitrogens is 2. The van der Waals surface area contributed by atoms with E-state index < -0.39 is 29.8 Å². The highest BCUT2D eigenvalue weighted by atomic mass is 19.4. The predicted octanol–water partition coefficient (Wildman–Crippen LogP) is 4.87. The third-order valence-electron chi connectivity index (χ3n) is 7.69. The van der Waals surface area contributed by atoms with Gasteiger partial charge in [-0.15, -0.1) is 0 Å². The highest BCUT2D eigenvalue weighted by molar-refractivity contribution is 5.98. The molecule has 2 amide bonds. The summed E-state index contributed by atoms with van der Waals surface area (Å²) in [5, 5.41) is 17.0. The van der Waals surface area contributed by atoms with Crippen LogP contribution in [0.15, 0.2) is 83.6 Å². The van der Waals surface area contributed by atoms with Crippen molar-refractivity contribution in [2.45, 2.75) is 57.1 Å². The number of aliphatic hydroxyl groups excluding tert-OH is 1. The summed E-state index contributed by atoms with van der Waals surface area (Å²) < 4.78 is 44.8. The number of likely N-dealkylation sites (tertiary alicyclic amines) is 1. The Morgan fingerprint density at radius 2 is 1.87 bits per heavy atom. The number of halogens is 3. The normalized spacial score (nSPS) is 16.4. The van der Waals surface area contributed by atoms with Crippen molar-refractivity contribution >= 4 is 11.8 Å². The van der Waals surface area contributed by atoms with E-state index in [9.17, 15) is 27.9 Å². The number of aliphatic hydroxyl groups is 1. The van der Waals surface area contributed by atoms with E-state index in [1.807, 2.05) is 37.3 Å². The lowest BCUT2D eigenvalue weighted by Gasteiger charge is -2.25. The van der Waals surface area contributed by atoms with Crippen LogP contribution in [-0.4, -0.2) is 57.0 Å². The summed E-state index contributed by atoms with van der Waals surface area (Å²) in [6.07, 6.45) is -0.837. The Morgan fingerprint density at radius 3 is 2.60 bits per heavy atom. The Morgan fingerprint density at radius 1 is 1.09 bits per heavy atom. The molecule has 3 N–H and O–H groups in total. The maximum absolute atomic E-state index is 13.4. The molecule has 4 aromatic rings. The first-order chi connectivity index (χ1) is 21.6. The van der Waals surface area contributed by atoms with Crippen molar-refractivity contribution in [1.82, 2.24) is 25.5 Å². The molecule has 1 saturated heterocycles. The van der Waals surface area contributed by atoms with Crippen LogP contribution in [-0.2, 0) is 19.1 Å². The summed E-state index contributed by atoms with van der Waals surface area (Å²) in [5.74, 6) is -0.389. The SMILES string of the molecule is Cc1coc(C2CCCN2C(=O)c2cc(C(=O)NC(Cc3ccccc3)C(O)CNCc3cccc(C(F)(F)F)c3)ccn2)n1. The number of rotatable bonds is 11. The molecule has 0 spiro atoms. The second kappa shape index (κ2) is 14.0. The molecule has 3 heterocycles. The number of nitrogens with zero attached hydrogens (tertiary/aromatic N) is 3. The van der Waals surface area contributed by atoms with E-state index in [1.54, 1.807) is 17.2 Å². The summed E-state index contributed by atoms with van der Waals surface area (Å²) in [5.41, 5.74) is 1.54. The van der Waals surface area contributed by atoms with Crippen LogP contribution in [0.25, 0.3) is 0 Å². The Bertz CT molecular complexity index is 1610. The lowest BCUT2D eigenvalue weighted by Crippen LogP contribution is -2.48. The van der Waals surface area contributed by atoms with E-state index in [0.717, 1.165) is 29.8 Å². The molecule has 45 heavy (non-hydrogen) atoms. The molecule has 0 radical (unpaired) electrons. The van der Waals surface area contributed by atoms with Gasteiger partial charge < -0.3 is 25.1 Å². The fourth-order valence-corrected chi connectivity index (χ4v) is 5.39. The summed E-state index contributed by atoms with van der Waals surface area (Å²) in [7, 11) is 0. The van der Waals surface area contributed by atoms with Crippen molar-refractivity contribution in [3.63, 3.8) is 0 Å². The quantitative estimate of drug-likeness (QED) is 0.219. The van der Waals surface area contributed by atoms with Crippen LogP contribution < -0.4 is 10.6 Å². The lowest BCUT2D eigenvalue weighted by molar-refractivity contribution is -0.137. The number of amides is 2. The molecule has 0 bridgehead atoms. The molecular weight excluding hydrogens is 587 g/mol. The van der Waals surface area contributed by atoms with Crippen molar-refractivity contribution in [3.05, 3.63) is 119 Å². The van der Waals surface area contributed by atoms with Gasteiger partial charge in [0.1, 0.15) is 18.0 Å². The molecule has 2 aromatic heterocycles. The van der Waals surface area contributed by atoms with Gasteiger partial charge in [-0.3, -0.25) is 14.6 Å². The molecule has 3 atom stereocenters. The molecule has 5 rings (SSSR count). The van der Waals surface area contributed by atoms with E-state index in [-0.39, 0.29) is 36.3 Å². The summed E-state index contributed by atoms with van der Waals surface area (Å²) in [6.45, 7) is 2.41. The third-order valence-corrected chi connectivity index (χ3v) is 7.69. The number of carbonyl (C=O) groups is 2. The zero-order chi connectivity index (χ0) is 32.0. The zero-order valence-corrected chi connectivity index (χ0v) is 24.6. The van der Waals surface area contributed by atoms with Gasteiger partial charge >= 0.3 is 6.18 Å². The van der Waals surface area contributed by atoms with Crippen LogP contribution in [0.3, 0.4) is 0 Å². The van der Waals surface area contributed by atoms with Crippen LogP contribution in [0.1, 0.15) is 68.0 Å². The highest BCUT2D eigenvalue weighted by Gasteiger charge is 2.35. The lowest BCUT2D eigenvalue weighted by atomic mass is 10.00. The number of pyridine rings is 1. The average molecular weight is 622 g/mol. The number of aryl methyl sites for hydroxylation is 1. The van der Waals surface area contributed by atoms with Gasteiger partial charge in [0, 0.05) is 31.4 Å². The van der Waals surface area contributed by atoms with Crippen molar-refractivity contribution in [3.8, 4) is 0 Å². The fraction of sp³-hybridized carbons (Fsp3) is 0.333. The summed E-state index contributed by atoms with van der Waals surface area (Å²) in [4.78, 5) is 37.1. The van der Waals surface area contributed by atoms with Gasteiger partial charge in [0.2, 0.25) is 5.89 Å². The van der Waals surface area contributed by atoms with E-state index in [0.29, 0.717) is 30.8 Å². The van der Waals surface area contributed by atoms with Crippen LogP contribution in [0.5, 0.6) is 0 Å². The minimum Gasteiger partial charge on any atom is -0.446 e. The largest absolute Gasteiger partial charge is 0.446 e. The zero-order valence-electron chi connectivity index (χ0n) is 24.6. The van der Waals surface area contributed by atoms with Gasteiger partial charge in [-0.05, 0) is 55.5 Å². The first-order valence-electron chi connectivity index (χ1n) is 14.7. The second-order valence-electron chi connectivity index (χ2n) is 11.1. The van der Waals surface area contributed by atoms with Gasteiger partial charge in [-0.25, -0.2) is 4.98 Å². The fourth-order valence-electron chi connectivity index (χ4n) is 5.39. The monoisotopic (exact) mass is 621 g/mol. The smallest absolute Gasteiger partial charge is 0.416 e. The van der Waals surface area contributed by atoms with Crippen LogP contribution >= 0.6 is 0 Å². The Hall–Kier alpha value is -4.55. The number of oxazole rings is 1. The van der Waals surface area contributed by atoms with Crippen molar-refractivity contribution in [2.75, 3.05) is 13.1 Å². The number of alkyl halides is 3. The summed E-state index contributed by atoms with van der Waals surface area (Å²) in [6, 6.07) is 16.1. The maximum Gasteiger partial charge on any atom is 0.416 e. The standard InChI is InChI=1S/C33H34F3N5O4/c1-21-20-45-31(39-21)28-11-6-14-41(28)32(44)27-17-24(12-13-38-27)30(43)40-26(16-22-7-3-2-4-8-22)29(42)19-37-18-23-9-5-10-25(15-23)33(34,35)36/h2-5,7-10,12-13,15,17,20,26,28-29,37,42H,6,11,14,16,18-19H2,1H3,(H,40,43). The van der Waals surface area contributed by atoms with Crippen molar-refractivity contribution < 1.29 is 32.3 Å². The maximum atomic E-state index is 13.4. The number of hydrogen-bond donors (Lipinski definition) is 3. The van der Waals surface area contributed by atoms with Crippen molar-refractivity contribution in [1.29, 1.82) is 0 Å². The molecule has 9 nitrogen and oxygen atoms in total. The topological polar surface area (TPSA) is 121 Å². The summed E-state index contributed by atoms with van der Waals surface area (Å²) >= 11 is 0. The molecule has 1 aliphatic rings. The first-order valence-corrected chi connectivity index (χ1v) is 14.7. The van der Waals surface area contributed by atoms with Gasteiger partial charge in [-0.2, -0.15) is 13.2 Å². The van der Waals surface area contributed by atoms with Gasteiger partial charge in [0.05, 0.1) is 23.4 Å². The molecule has 0 saturated carbocycles. The molecule has 1 fully saturated rings. The number of benzene rings is 2. The minimum absolute atomic E-state index is 0.00471. The molecule has 12 heteroatoms. The minimum atomic E-state index is -4.45. The van der Waals surface area contributed by atoms with E-state index in [2.05, 4.69) is 20.6 Å². The Balaban J connectivity index is 1.26. The highest BCUT2D eigenvalue weighted by Crippen LogP contribution is 2.32. The third kappa shape index (κ3) is 8.14. The predicted molar refractivity (Wildman–Crippen MR) is 159 cm³/mol. The first kappa shape index (κ1) is 31.9. The molecule has 0 aliphatic carbocycles. The molecule has 1 aliphatic heterocycles. The number of hydrogen-bond acceptors (Lipinski definition) is 7. The van der Waals surface area contributed by atoms with Crippen LogP contribution in [0, 0.1) is 6.92 Å². The van der Waals surface area contributed by atoms with Gasteiger partial charge in [0.25, 0.3) is 11.8 Å². The van der Waals surface area contributed by atoms with Gasteiger partial charge in [-0.1, -0.05) is 48.5 Å². The van der Waals surface area contributed by atoms with Crippen LogP contribution in [0.2, 0.25) is 0 Å². The van der Waals surface area contributed by atoms with E-state index in [1.165, 1.54) is 24.4 Å². The van der Waals surface area contributed by atoms with E-state index in [4.69, 9.17) is 4.42 Å². The molecular formula is C33H34F3N5O4. The average Bonchev–Trinajstić information content (AvgIpc) is 3.70. The van der Waals surface area contributed by atoms with E-state index >= 15 is 0 Å². The van der Waals surface area contributed by atoms with Crippen molar-refractivity contribution in [2.24, 2.45) is 0 Å². The number of carbonyl (C=O) groups excluding carboxylic acids is 2. The van der Waals surface area contributed by atoms with Crippen LogP contribution in [0.4, 0.5) is 13.2 Å². The molecule has 3 unspecified atom stereocenters. The molecule has 236 valence electrons. The second-order valence-corrected chi connectivity index (χ2v) is 11.1. The van der Waals surface area contributed by atoms with Gasteiger partial charge in [0.15, 0.2) is 0 Å². The molecule has 2 aromatic carbocycles. The Labute approximate surface area is 258 Å². The Kier molecular flexibility index (Phi) is 9.94.